The standard InChI is InChI=1S/C18H14N2O4/c1-24-15(21)11-20-14-10-6-5-9-13(14)19-16(18(20)23)17(22)12-7-3-2-4-8-12/h2-10H,11H2,1H3. The van der Waals surface area contributed by atoms with Crippen LogP contribution in [0.5, 0.6) is 0 Å². The second-order valence-corrected chi connectivity index (χ2v) is 5.11. The van der Waals surface area contributed by atoms with Crippen LogP contribution in [0.2, 0.25) is 0 Å². The van der Waals surface area contributed by atoms with Crippen molar-refractivity contribution in [3.63, 3.8) is 0 Å². The predicted molar refractivity (Wildman–Crippen MR) is 87.9 cm³/mol. The lowest BCUT2D eigenvalue weighted by Gasteiger charge is -2.10. The Bertz CT molecular complexity index is 977. The third-order valence-electron chi connectivity index (χ3n) is 3.62. The second-order valence-electron chi connectivity index (χ2n) is 5.11. The number of aromatic nitrogens is 2. The van der Waals surface area contributed by atoms with Gasteiger partial charge < -0.3 is 4.74 Å². The second kappa shape index (κ2) is 6.45. The maximum Gasteiger partial charge on any atom is 0.325 e. The van der Waals surface area contributed by atoms with Crippen molar-refractivity contribution < 1.29 is 14.3 Å². The summed E-state index contributed by atoms with van der Waals surface area (Å²) in [4.78, 5) is 41.2. The largest absolute Gasteiger partial charge is 0.468 e. The van der Waals surface area contributed by atoms with Gasteiger partial charge in [0.15, 0.2) is 5.69 Å². The number of para-hydroxylation sites is 2. The van der Waals surface area contributed by atoms with Crippen LogP contribution in [-0.2, 0) is 16.1 Å². The number of hydrogen-bond acceptors (Lipinski definition) is 5. The number of carbonyl (C=O) groups excluding carboxylic acids is 2. The van der Waals surface area contributed by atoms with Crippen LogP contribution in [0.4, 0.5) is 0 Å². The molecular weight excluding hydrogens is 308 g/mol. The maximum atomic E-state index is 12.7. The lowest BCUT2D eigenvalue weighted by atomic mass is 10.1. The molecule has 0 saturated carbocycles. The van der Waals surface area contributed by atoms with Crippen LogP contribution in [0.3, 0.4) is 0 Å². The highest BCUT2D eigenvalue weighted by Gasteiger charge is 2.20. The number of fused-ring (bicyclic) bond motifs is 1. The molecule has 0 aliphatic carbocycles. The van der Waals surface area contributed by atoms with Gasteiger partial charge in [0.25, 0.3) is 5.56 Å². The fourth-order valence-corrected chi connectivity index (χ4v) is 2.42. The number of benzene rings is 2. The average molecular weight is 322 g/mol. The van der Waals surface area contributed by atoms with Crippen molar-refractivity contribution in [3.05, 3.63) is 76.2 Å². The number of carbonyl (C=O) groups is 2. The number of nitrogens with zero attached hydrogens (tertiary/aromatic N) is 2. The van der Waals surface area contributed by atoms with Gasteiger partial charge in [-0.05, 0) is 12.1 Å². The van der Waals surface area contributed by atoms with Crippen molar-refractivity contribution in [3.8, 4) is 0 Å². The van der Waals surface area contributed by atoms with E-state index in [1.54, 1.807) is 54.6 Å². The average Bonchev–Trinajstić information content (AvgIpc) is 2.63. The number of rotatable bonds is 4. The van der Waals surface area contributed by atoms with Crippen molar-refractivity contribution in [1.29, 1.82) is 0 Å². The zero-order chi connectivity index (χ0) is 17.1. The molecule has 6 heteroatoms. The fraction of sp³-hybridized carbons (Fsp3) is 0.111. The molecule has 0 N–H and O–H groups in total. The Kier molecular flexibility index (Phi) is 4.20. The molecule has 0 fully saturated rings. The molecule has 2 aromatic carbocycles. The van der Waals surface area contributed by atoms with E-state index in [0.29, 0.717) is 16.6 Å². The summed E-state index contributed by atoms with van der Waals surface area (Å²) in [6.07, 6.45) is 0. The van der Waals surface area contributed by atoms with E-state index in [4.69, 9.17) is 0 Å². The third-order valence-corrected chi connectivity index (χ3v) is 3.62. The van der Waals surface area contributed by atoms with Crippen LogP contribution >= 0.6 is 0 Å². The Morgan fingerprint density at radius 2 is 1.71 bits per heavy atom. The van der Waals surface area contributed by atoms with Gasteiger partial charge in [0.2, 0.25) is 5.78 Å². The minimum atomic E-state index is -0.618. The molecule has 1 aromatic heterocycles. The first kappa shape index (κ1) is 15.6. The molecule has 0 atom stereocenters. The molecule has 0 spiro atoms. The summed E-state index contributed by atoms with van der Waals surface area (Å²) in [5.41, 5.74) is 0.455. The van der Waals surface area contributed by atoms with Gasteiger partial charge in [0, 0.05) is 5.56 Å². The molecule has 3 rings (SSSR count). The highest BCUT2D eigenvalue weighted by Crippen LogP contribution is 2.12. The van der Waals surface area contributed by atoms with E-state index in [1.807, 2.05) is 0 Å². The molecule has 0 saturated heterocycles. The van der Waals surface area contributed by atoms with Gasteiger partial charge in [-0.1, -0.05) is 42.5 Å². The fourth-order valence-electron chi connectivity index (χ4n) is 2.42. The molecule has 0 amide bonds. The van der Waals surface area contributed by atoms with Gasteiger partial charge in [-0.3, -0.25) is 19.0 Å². The van der Waals surface area contributed by atoms with E-state index in [-0.39, 0.29) is 12.2 Å². The normalized spacial score (nSPS) is 10.5. The van der Waals surface area contributed by atoms with Crippen molar-refractivity contribution in [2.75, 3.05) is 7.11 Å². The monoisotopic (exact) mass is 322 g/mol. The first-order valence-corrected chi connectivity index (χ1v) is 7.28. The molecule has 0 radical (unpaired) electrons. The molecule has 24 heavy (non-hydrogen) atoms. The van der Waals surface area contributed by atoms with Gasteiger partial charge in [0.05, 0.1) is 18.1 Å². The van der Waals surface area contributed by atoms with Crippen molar-refractivity contribution >= 4 is 22.8 Å². The van der Waals surface area contributed by atoms with Crippen LogP contribution in [0.15, 0.2) is 59.4 Å². The summed E-state index contributed by atoms with van der Waals surface area (Å²) in [7, 11) is 1.24. The number of ether oxygens (including phenoxy) is 1. The topological polar surface area (TPSA) is 78.3 Å². The molecule has 1 heterocycles. The van der Waals surface area contributed by atoms with Crippen molar-refractivity contribution in [2.45, 2.75) is 6.54 Å². The summed E-state index contributed by atoms with van der Waals surface area (Å²) in [6, 6.07) is 15.3. The third kappa shape index (κ3) is 2.81. The van der Waals surface area contributed by atoms with E-state index >= 15 is 0 Å². The van der Waals surface area contributed by atoms with Gasteiger partial charge in [-0.25, -0.2) is 4.98 Å². The first-order chi connectivity index (χ1) is 11.6. The Hall–Kier alpha value is -3.28. The zero-order valence-electron chi connectivity index (χ0n) is 12.9. The Morgan fingerprint density at radius 1 is 1.04 bits per heavy atom. The SMILES string of the molecule is COC(=O)Cn1c(=O)c(C(=O)c2ccccc2)nc2ccccc21. The van der Waals surface area contributed by atoms with E-state index in [2.05, 4.69) is 9.72 Å². The minimum Gasteiger partial charge on any atom is -0.468 e. The van der Waals surface area contributed by atoms with E-state index in [1.165, 1.54) is 11.7 Å². The lowest BCUT2D eigenvalue weighted by Crippen LogP contribution is -2.31. The first-order valence-electron chi connectivity index (χ1n) is 7.28. The van der Waals surface area contributed by atoms with Gasteiger partial charge >= 0.3 is 5.97 Å². The maximum absolute atomic E-state index is 12.7. The summed E-state index contributed by atoms with van der Waals surface area (Å²) in [5.74, 6) is -1.06. The molecule has 0 aliphatic rings. The quantitative estimate of drug-likeness (QED) is 0.540. The van der Waals surface area contributed by atoms with Crippen molar-refractivity contribution in [2.24, 2.45) is 0 Å². The molecule has 0 unspecified atom stereocenters. The predicted octanol–water partition coefficient (Wildman–Crippen LogP) is 1.80. The van der Waals surface area contributed by atoms with Crippen LogP contribution in [0.25, 0.3) is 11.0 Å². The summed E-state index contributed by atoms with van der Waals surface area (Å²) in [6.45, 7) is -0.284. The Labute approximate surface area is 137 Å². The lowest BCUT2D eigenvalue weighted by molar-refractivity contribution is -0.141. The molecule has 3 aromatic rings. The van der Waals surface area contributed by atoms with Crippen LogP contribution < -0.4 is 5.56 Å². The summed E-state index contributed by atoms with van der Waals surface area (Å²) < 4.78 is 5.85. The van der Waals surface area contributed by atoms with Gasteiger partial charge in [-0.2, -0.15) is 0 Å². The van der Waals surface area contributed by atoms with E-state index in [9.17, 15) is 14.4 Å². The number of esters is 1. The molecule has 6 nitrogen and oxygen atoms in total. The Morgan fingerprint density at radius 3 is 2.42 bits per heavy atom. The number of ketones is 1. The smallest absolute Gasteiger partial charge is 0.325 e. The molecule has 0 bridgehead atoms. The van der Waals surface area contributed by atoms with Crippen LogP contribution in [0.1, 0.15) is 16.1 Å². The van der Waals surface area contributed by atoms with E-state index in [0.717, 1.165) is 0 Å². The minimum absolute atomic E-state index is 0.219. The summed E-state index contributed by atoms with van der Waals surface area (Å²) in [5, 5.41) is 0. The van der Waals surface area contributed by atoms with Gasteiger partial charge in [0.1, 0.15) is 6.54 Å². The zero-order valence-corrected chi connectivity index (χ0v) is 12.9. The van der Waals surface area contributed by atoms with Crippen molar-refractivity contribution in [1.82, 2.24) is 9.55 Å². The number of methoxy groups -OCH3 is 1. The van der Waals surface area contributed by atoms with E-state index < -0.39 is 17.3 Å². The molecule has 0 aliphatic heterocycles. The van der Waals surface area contributed by atoms with Crippen LogP contribution in [-0.4, -0.2) is 28.4 Å². The highest BCUT2D eigenvalue weighted by molar-refractivity contribution is 6.08. The highest BCUT2D eigenvalue weighted by atomic mass is 16.5. The van der Waals surface area contributed by atoms with Gasteiger partial charge in [-0.15, -0.1) is 0 Å². The Balaban J connectivity index is 2.22. The summed E-state index contributed by atoms with van der Waals surface area (Å²) >= 11 is 0. The molecular formula is C18H14N2O4. The van der Waals surface area contributed by atoms with Crippen LogP contribution in [0, 0.1) is 0 Å². The number of hydrogen-bond donors (Lipinski definition) is 0. The molecule has 120 valence electrons.